The number of imidazole rings is 1. The van der Waals surface area contributed by atoms with Crippen molar-refractivity contribution in [2.45, 2.75) is 44.2 Å². The third-order valence-corrected chi connectivity index (χ3v) is 8.82. The number of amides is 2. The Bertz CT molecular complexity index is 1410. The smallest absolute Gasteiger partial charge is 0.328 e. The van der Waals surface area contributed by atoms with Gasteiger partial charge < -0.3 is 25.3 Å². The van der Waals surface area contributed by atoms with E-state index in [1.807, 2.05) is 36.6 Å². The lowest BCUT2D eigenvalue weighted by molar-refractivity contribution is -0.146. The number of H-pyrrole nitrogens is 1. The Kier molecular flexibility index (Phi) is 13.0. The van der Waals surface area contributed by atoms with Crippen LogP contribution in [0.25, 0.3) is 0 Å². The van der Waals surface area contributed by atoms with Crippen molar-refractivity contribution in [1.29, 1.82) is 5.26 Å². The normalized spacial score (nSPS) is 17.9. The van der Waals surface area contributed by atoms with Crippen LogP contribution in [0.4, 0.5) is 0 Å². The Hall–Kier alpha value is -4.14. The molecule has 4 rings (SSSR count). The van der Waals surface area contributed by atoms with Crippen LogP contribution in [0.5, 0.6) is 0 Å². The molecule has 0 saturated carbocycles. The molecule has 4 atom stereocenters. The minimum absolute atomic E-state index is 0.109. The van der Waals surface area contributed by atoms with Gasteiger partial charge in [0.2, 0.25) is 11.8 Å². The zero-order valence-corrected chi connectivity index (χ0v) is 26.7. The summed E-state index contributed by atoms with van der Waals surface area (Å²) in [5, 5.41) is 15.4. The SMILES string of the molecule is COC(=O)[C@H](CCSC)NC(=O)C1CC(C(=O)NC(Cc2ccc(C#N)cc2)Cc2cnc[nH]2)CN(CCc2ccccc2)C1. The summed E-state index contributed by atoms with van der Waals surface area (Å²) in [7, 11) is 1.32. The van der Waals surface area contributed by atoms with E-state index in [9.17, 15) is 19.6 Å². The van der Waals surface area contributed by atoms with Crippen molar-refractivity contribution in [3.05, 3.63) is 89.5 Å². The number of nitrogens with zero attached hydrogens (tertiary/aromatic N) is 3. The fourth-order valence-corrected chi connectivity index (χ4v) is 6.23. The maximum atomic E-state index is 13.9. The lowest BCUT2D eigenvalue weighted by atomic mass is 9.87. The number of carbonyl (C=O) groups excluding carboxylic acids is 3. The van der Waals surface area contributed by atoms with Gasteiger partial charge in [-0.25, -0.2) is 9.78 Å². The Morgan fingerprint density at radius 1 is 1.04 bits per heavy atom. The molecular weight excluding hydrogens is 588 g/mol. The van der Waals surface area contributed by atoms with Gasteiger partial charge in [-0.2, -0.15) is 17.0 Å². The van der Waals surface area contributed by atoms with E-state index >= 15 is 0 Å². The molecule has 238 valence electrons. The average molecular weight is 631 g/mol. The van der Waals surface area contributed by atoms with Crippen molar-refractivity contribution < 1.29 is 19.1 Å². The molecule has 45 heavy (non-hydrogen) atoms. The predicted octanol–water partition coefficient (Wildman–Crippen LogP) is 3.14. The minimum atomic E-state index is -0.729. The van der Waals surface area contributed by atoms with Gasteiger partial charge >= 0.3 is 5.97 Å². The fourth-order valence-electron chi connectivity index (χ4n) is 5.76. The number of rotatable bonds is 15. The van der Waals surface area contributed by atoms with Crippen molar-refractivity contribution in [3.8, 4) is 6.07 Å². The molecule has 1 aliphatic heterocycles. The Labute approximate surface area is 269 Å². The number of hydrogen-bond donors (Lipinski definition) is 3. The molecule has 1 saturated heterocycles. The molecule has 2 heterocycles. The van der Waals surface area contributed by atoms with Gasteiger partial charge in [-0.1, -0.05) is 42.5 Å². The van der Waals surface area contributed by atoms with Crippen molar-refractivity contribution in [2.24, 2.45) is 11.8 Å². The Morgan fingerprint density at radius 3 is 2.38 bits per heavy atom. The van der Waals surface area contributed by atoms with Gasteiger partial charge in [0, 0.05) is 44.0 Å². The molecular formula is C34H42N6O4S. The summed E-state index contributed by atoms with van der Waals surface area (Å²) in [6.45, 7) is 1.73. The van der Waals surface area contributed by atoms with Crippen LogP contribution in [0, 0.1) is 23.2 Å². The second-order valence-corrected chi connectivity index (χ2v) is 12.5. The third kappa shape index (κ3) is 10.5. The first-order chi connectivity index (χ1) is 21.9. The number of aromatic nitrogens is 2. The maximum absolute atomic E-state index is 13.9. The highest BCUT2D eigenvalue weighted by atomic mass is 32.2. The molecule has 0 bridgehead atoms. The number of hydrogen-bond acceptors (Lipinski definition) is 8. The molecule has 0 radical (unpaired) electrons. The number of likely N-dealkylation sites (tertiary alicyclic amines) is 1. The van der Waals surface area contributed by atoms with Gasteiger partial charge in [-0.05, 0) is 61.0 Å². The van der Waals surface area contributed by atoms with Gasteiger partial charge in [-0.3, -0.25) is 9.59 Å². The van der Waals surface area contributed by atoms with E-state index in [4.69, 9.17) is 4.74 Å². The number of ether oxygens (including phenoxy) is 1. The molecule has 0 spiro atoms. The number of nitriles is 1. The number of aromatic amines is 1. The quantitative estimate of drug-likeness (QED) is 0.218. The van der Waals surface area contributed by atoms with Crippen LogP contribution in [0.15, 0.2) is 67.1 Å². The fraction of sp³-hybridized carbons (Fsp3) is 0.441. The zero-order chi connectivity index (χ0) is 32.0. The second kappa shape index (κ2) is 17.4. The van der Waals surface area contributed by atoms with Gasteiger partial charge in [0.05, 0.1) is 36.9 Å². The van der Waals surface area contributed by atoms with Crippen LogP contribution in [-0.2, 0) is 38.4 Å². The Morgan fingerprint density at radius 2 is 1.76 bits per heavy atom. The number of nitrogens with one attached hydrogen (secondary N) is 3. The molecule has 1 aliphatic rings. The molecule has 0 aliphatic carbocycles. The molecule has 2 amide bonds. The zero-order valence-electron chi connectivity index (χ0n) is 25.9. The van der Waals surface area contributed by atoms with Crippen molar-refractivity contribution in [2.75, 3.05) is 38.8 Å². The van der Waals surface area contributed by atoms with Gasteiger partial charge in [0.15, 0.2) is 0 Å². The van der Waals surface area contributed by atoms with Crippen LogP contribution in [0.3, 0.4) is 0 Å². The standard InChI is InChI=1S/C34H42N6O4S/c1-44-34(43)31(13-15-45-2)39-33(42)28-17-27(21-40(22-28)14-12-24-6-4-3-5-7-24)32(41)38-29(18-30-20-36-23-37-30)16-25-8-10-26(19-35)11-9-25/h3-11,20,23,27-29,31H,12-18,21-22H2,1-2H3,(H,36,37)(H,38,41)(H,39,42)/t27?,28?,29?,31-/m0/s1. The lowest BCUT2D eigenvalue weighted by Crippen LogP contribution is -2.54. The highest BCUT2D eigenvalue weighted by molar-refractivity contribution is 7.98. The number of benzene rings is 2. The number of thioether (sulfide) groups is 1. The molecule has 1 aromatic heterocycles. The van der Waals surface area contributed by atoms with E-state index in [1.165, 1.54) is 12.7 Å². The molecule has 3 aromatic rings. The van der Waals surface area contributed by atoms with E-state index in [-0.39, 0.29) is 17.9 Å². The molecule has 11 heteroatoms. The first kappa shape index (κ1) is 33.7. The summed E-state index contributed by atoms with van der Waals surface area (Å²) in [5.41, 5.74) is 3.68. The van der Waals surface area contributed by atoms with E-state index in [1.54, 1.807) is 36.4 Å². The van der Waals surface area contributed by atoms with Gasteiger partial charge in [0.25, 0.3) is 0 Å². The first-order valence-electron chi connectivity index (χ1n) is 15.3. The van der Waals surface area contributed by atoms with Crippen molar-refractivity contribution in [3.63, 3.8) is 0 Å². The largest absolute Gasteiger partial charge is 0.467 e. The molecule has 1 fully saturated rings. The number of methoxy groups -OCH3 is 1. The number of piperidine rings is 1. The van der Waals surface area contributed by atoms with Crippen LogP contribution < -0.4 is 10.6 Å². The summed E-state index contributed by atoms with van der Waals surface area (Å²) in [6.07, 6.45) is 8.08. The predicted molar refractivity (Wildman–Crippen MR) is 174 cm³/mol. The van der Waals surface area contributed by atoms with E-state index in [2.05, 4.69) is 43.7 Å². The molecule has 3 N–H and O–H groups in total. The van der Waals surface area contributed by atoms with Crippen LogP contribution in [0.1, 0.15) is 35.2 Å². The van der Waals surface area contributed by atoms with E-state index < -0.39 is 23.8 Å². The summed E-state index contributed by atoms with van der Waals surface area (Å²) >= 11 is 1.60. The van der Waals surface area contributed by atoms with Crippen molar-refractivity contribution in [1.82, 2.24) is 25.5 Å². The molecule has 10 nitrogen and oxygen atoms in total. The summed E-state index contributed by atoms with van der Waals surface area (Å²) in [5.74, 6) is -0.986. The molecule has 3 unspecified atom stereocenters. The van der Waals surface area contributed by atoms with E-state index in [0.29, 0.717) is 56.6 Å². The summed E-state index contributed by atoms with van der Waals surface area (Å²) in [6, 6.07) is 18.7. The summed E-state index contributed by atoms with van der Waals surface area (Å²) < 4.78 is 4.95. The highest BCUT2D eigenvalue weighted by Crippen LogP contribution is 2.24. The maximum Gasteiger partial charge on any atom is 0.328 e. The van der Waals surface area contributed by atoms with Gasteiger partial charge in [-0.15, -0.1) is 0 Å². The Balaban J connectivity index is 1.49. The number of carbonyl (C=O) groups is 3. The van der Waals surface area contributed by atoms with Gasteiger partial charge in [0.1, 0.15) is 6.04 Å². The third-order valence-electron chi connectivity index (χ3n) is 8.17. The van der Waals surface area contributed by atoms with Crippen LogP contribution >= 0.6 is 11.8 Å². The minimum Gasteiger partial charge on any atom is -0.467 e. The number of esters is 1. The first-order valence-corrected chi connectivity index (χ1v) is 16.7. The second-order valence-electron chi connectivity index (χ2n) is 11.5. The topological polar surface area (TPSA) is 140 Å². The van der Waals surface area contributed by atoms with Crippen molar-refractivity contribution >= 4 is 29.5 Å². The van der Waals surface area contributed by atoms with Crippen LogP contribution in [-0.4, -0.2) is 83.5 Å². The lowest BCUT2D eigenvalue weighted by Gasteiger charge is -2.37. The summed E-state index contributed by atoms with van der Waals surface area (Å²) in [4.78, 5) is 49.4. The van der Waals surface area contributed by atoms with Crippen LogP contribution in [0.2, 0.25) is 0 Å². The van der Waals surface area contributed by atoms with E-state index in [0.717, 1.165) is 17.7 Å². The molecule has 2 aromatic carbocycles. The monoisotopic (exact) mass is 630 g/mol. The average Bonchev–Trinajstić information content (AvgIpc) is 3.59. The highest BCUT2D eigenvalue weighted by Gasteiger charge is 2.37.